The highest BCUT2D eigenvalue weighted by molar-refractivity contribution is 5.82. The van der Waals surface area contributed by atoms with Crippen LogP contribution in [0.2, 0.25) is 0 Å². The number of carbonyl (C=O) groups is 1. The highest BCUT2D eigenvalue weighted by Crippen LogP contribution is 2.25. The van der Waals surface area contributed by atoms with Crippen molar-refractivity contribution in [1.29, 1.82) is 0 Å². The zero-order valence-corrected chi connectivity index (χ0v) is 11.5. The van der Waals surface area contributed by atoms with E-state index in [0.29, 0.717) is 6.42 Å². The second-order valence-corrected chi connectivity index (χ2v) is 5.48. The van der Waals surface area contributed by atoms with Crippen molar-refractivity contribution in [2.45, 2.75) is 50.6 Å². The highest BCUT2D eigenvalue weighted by Gasteiger charge is 2.20. The Labute approximate surface area is 118 Å². The molecule has 0 radical (unpaired) electrons. The number of aromatic hydroxyl groups is 2. The molecule has 1 aromatic carbocycles. The SMILES string of the molecule is N[C@@H](Cc1ccc(O)c(O)c1)C(=O)NC1CCCCC1. The van der Waals surface area contributed by atoms with Gasteiger partial charge in [-0.1, -0.05) is 25.3 Å². The Morgan fingerprint density at radius 3 is 2.60 bits per heavy atom. The van der Waals surface area contributed by atoms with Gasteiger partial charge in [0.05, 0.1) is 6.04 Å². The van der Waals surface area contributed by atoms with Gasteiger partial charge in [0.2, 0.25) is 5.91 Å². The van der Waals surface area contributed by atoms with Gasteiger partial charge in [0.25, 0.3) is 0 Å². The smallest absolute Gasteiger partial charge is 0.237 e. The van der Waals surface area contributed by atoms with E-state index in [-0.39, 0.29) is 23.4 Å². The molecule has 1 fully saturated rings. The van der Waals surface area contributed by atoms with Gasteiger partial charge in [-0.3, -0.25) is 4.79 Å². The van der Waals surface area contributed by atoms with Crippen molar-refractivity contribution in [3.63, 3.8) is 0 Å². The van der Waals surface area contributed by atoms with Gasteiger partial charge in [-0.15, -0.1) is 0 Å². The second-order valence-electron chi connectivity index (χ2n) is 5.48. The lowest BCUT2D eigenvalue weighted by atomic mass is 9.95. The zero-order chi connectivity index (χ0) is 14.5. The van der Waals surface area contributed by atoms with Gasteiger partial charge in [0.15, 0.2) is 11.5 Å². The molecule has 20 heavy (non-hydrogen) atoms. The number of phenolic OH excluding ortho intramolecular Hbond substituents is 2. The Balaban J connectivity index is 1.88. The first kappa shape index (κ1) is 14.7. The molecule has 1 aromatic rings. The normalized spacial score (nSPS) is 17.6. The Morgan fingerprint density at radius 1 is 1.25 bits per heavy atom. The standard InChI is InChI=1S/C15H22N2O3/c16-12(8-10-6-7-13(18)14(19)9-10)15(20)17-11-4-2-1-3-5-11/h6-7,9,11-12,18-19H,1-5,8,16H2,(H,17,20)/t12-/m0/s1. The van der Waals surface area contributed by atoms with E-state index in [4.69, 9.17) is 5.73 Å². The van der Waals surface area contributed by atoms with E-state index in [0.717, 1.165) is 31.2 Å². The topological polar surface area (TPSA) is 95.6 Å². The number of hydrogen-bond acceptors (Lipinski definition) is 4. The third-order valence-electron chi connectivity index (χ3n) is 3.78. The minimum absolute atomic E-state index is 0.149. The summed E-state index contributed by atoms with van der Waals surface area (Å²) in [6, 6.07) is 4.10. The van der Waals surface area contributed by atoms with Crippen LogP contribution in [0.1, 0.15) is 37.7 Å². The summed E-state index contributed by atoms with van der Waals surface area (Å²) in [7, 11) is 0. The maximum Gasteiger partial charge on any atom is 0.237 e. The summed E-state index contributed by atoms with van der Waals surface area (Å²) in [5.74, 6) is -0.513. The van der Waals surface area contributed by atoms with Crippen molar-refractivity contribution in [3.8, 4) is 11.5 Å². The van der Waals surface area contributed by atoms with Crippen molar-refractivity contribution in [2.75, 3.05) is 0 Å². The number of carbonyl (C=O) groups excluding carboxylic acids is 1. The average molecular weight is 278 g/mol. The van der Waals surface area contributed by atoms with Gasteiger partial charge in [-0.05, 0) is 37.0 Å². The fourth-order valence-corrected chi connectivity index (χ4v) is 2.60. The average Bonchev–Trinajstić information content (AvgIpc) is 2.44. The third kappa shape index (κ3) is 3.87. The molecular formula is C15H22N2O3. The molecule has 2 rings (SSSR count). The number of nitrogens with one attached hydrogen (secondary N) is 1. The fourth-order valence-electron chi connectivity index (χ4n) is 2.60. The van der Waals surface area contributed by atoms with Gasteiger partial charge in [-0.25, -0.2) is 0 Å². The van der Waals surface area contributed by atoms with E-state index >= 15 is 0 Å². The molecule has 0 unspecified atom stereocenters. The van der Waals surface area contributed by atoms with Gasteiger partial charge in [-0.2, -0.15) is 0 Å². The molecule has 5 heteroatoms. The number of amides is 1. The summed E-state index contributed by atoms with van der Waals surface area (Å²) < 4.78 is 0. The van der Waals surface area contributed by atoms with Gasteiger partial charge >= 0.3 is 0 Å². The lowest BCUT2D eigenvalue weighted by Crippen LogP contribution is -2.46. The molecule has 0 spiro atoms. The maximum atomic E-state index is 12.0. The van der Waals surface area contributed by atoms with Crippen LogP contribution in [-0.2, 0) is 11.2 Å². The number of phenols is 2. The Bertz CT molecular complexity index is 470. The first-order valence-corrected chi connectivity index (χ1v) is 7.13. The molecule has 1 saturated carbocycles. The summed E-state index contributed by atoms with van der Waals surface area (Å²) in [5.41, 5.74) is 6.63. The molecule has 1 aliphatic carbocycles. The van der Waals surface area contributed by atoms with Gasteiger partial charge < -0.3 is 21.3 Å². The van der Waals surface area contributed by atoms with E-state index in [1.54, 1.807) is 6.07 Å². The molecule has 0 saturated heterocycles. The minimum Gasteiger partial charge on any atom is -0.504 e. The predicted molar refractivity (Wildman–Crippen MR) is 76.5 cm³/mol. The van der Waals surface area contributed by atoms with Gasteiger partial charge in [0, 0.05) is 6.04 Å². The number of benzene rings is 1. The first-order chi connectivity index (χ1) is 9.56. The maximum absolute atomic E-state index is 12.0. The Kier molecular flexibility index (Phi) is 4.84. The molecule has 0 aliphatic heterocycles. The van der Waals surface area contributed by atoms with Crippen LogP contribution in [-0.4, -0.2) is 28.2 Å². The van der Waals surface area contributed by atoms with Crippen molar-refractivity contribution in [2.24, 2.45) is 5.73 Å². The number of rotatable bonds is 4. The summed E-state index contributed by atoms with van der Waals surface area (Å²) >= 11 is 0. The molecule has 5 nitrogen and oxygen atoms in total. The molecule has 0 heterocycles. The first-order valence-electron chi connectivity index (χ1n) is 7.13. The zero-order valence-electron chi connectivity index (χ0n) is 11.5. The van der Waals surface area contributed by atoms with E-state index in [2.05, 4.69) is 5.32 Å². The van der Waals surface area contributed by atoms with Gasteiger partial charge in [0.1, 0.15) is 0 Å². The molecule has 0 bridgehead atoms. The summed E-state index contributed by atoms with van der Waals surface area (Å²) in [6.07, 6.45) is 5.95. The second kappa shape index (κ2) is 6.61. The highest BCUT2D eigenvalue weighted by atomic mass is 16.3. The lowest BCUT2D eigenvalue weighted by Gasteiger charge is -2.24. The molecule has 1 amide bonds. The fraction of sp³-hybridized carbons (Fsp3) is 0.533. The largest absolute Gasteiger partial charge is 0.504 e. The van der Waals surface area contributed by atoms with E-state index < -0.39 is 6.04 Å². The predicted octanol–water partition coefficient (Wildman–Crippen LogP) is 1.42. The van der Waals surface area contributed by atoms with Crippen LogP contribution in [0.3, 0.4) is 0 Å². The molecule has 1 aliphatic rings. The molecule has 1 atom stereocenters. The van der Waals surface area contributed by atoms with E-state index in [1.807, 2.05) is 0 Å². The van der Waals surface area contributed by atoms with Crippen LogP contribution >= 0.6 is 0 Å². The molecular weight excluding hydrogens is 256 g/mol. The van der Waals surface area contributed by atoms with Crippen molar-refractivity contribution in [1.82, 2.24) is 5.32 Å². The van der Waals surface area contributed by atoms with Crippen LogP contribution < -0.4 is 11.1 Å². The Morgan fingerprint density at radius 2 is 1.95 bits per heavy atom. The minimum atomic E-state index is -0.638. The van der Waals surface area contributed by atoms with Crippen LogP contribution in [0, 0.1) is 0 Å². The summed E-state index contributed by atoms with van der Waals surface area (Å²) in [4.78, 5) is 12.0. The molecule has 110 valence electrons. The number of nitrogens with two attached hydrogens (primary N) is 1. The van der Waals surface area contributed by atoms with Crippen molar-refractivity contribution >= 4 is 5.91 Å². The van der Waals surface area contributed by atoms with E-state index in [1.165, 1.54) is 18.6 Å². The molecule has 5 N–H and O–H groups in total. The van der Waals surface area contributed by atoms with Crippen LogP contribution in [0.5, 0.6) is 11.5 Å². The monoisotopic (exact) mass is 278 g/mol. The lowest BCUT2D eigenvalue weighted by molar-refractivity contribution is -0.123. The quantitative estimate of drug-likeness (QED) is 0.626. The summed E-state index contributed by atoms with van der Waals surface area (Å²) in [5, 5.41) is 21.7. The van der Waals surface area contributed by atoms with E-state index in [9.17, 15) is 15.0 Å². The van der Waals surface area contributed by atoms with Crippen molar-refractivity contribution < 1.29 is 15.0 Å². The van der Waals surface area contributed by atoms with Crippen LogP contribution in [0.15, 0.2) is 18.2 Å². The van der Waals surface area contributed by atoms with Crippen molar-refractivity contribution in [3.05, 3.63) is 23.8 Å². The molecule has 0 aromatic heterocycles. The summed E-state index contributed by atoms with van der Waals surface area (Å²) in [6.45, 7) is 0. The van der Waals surface area contributed by atoms with Crippen LogP contribution in [0.4, 0.5) is 0 Å². The number of hydrogen-bond donors (Lipinski definition) is 4. The third-order valence-corrected chi connectivity index (χ3v) is 3.78. The van der Waals surface area contributed by atoms with Crippen LogP contribution in [0.25, 0.3) is 0 Å². The Hall–Kier alpha value is -1.75.